The molecule has 1 rings (SSSR count). The lowest BCUT2D eigenvalue weighted by atomic mass is 10.0. The van der Waals surface area contributed by atoms with Gasteiger partial charge in [-0.25, -0.2) is 0 Å². The lowest BCUT2D eigenvalue weighted by molar-refractivity contribution is -0.131. The van der Waals surface area contributed by atoms with Crippen molar-refractivity contribution in [1.82, 2.24) is 0 Å². The van der Waals surface area contributed by atoms with Gasteiger partial charge in [0.15, 0.2) is 6.10 Å². The summed E-state index contributed by atoms with van der Waals surface area (Å²) in [5, 5.41) is 28.3. The Kier molecular flexibility index (Phi) is 3.74. The van der Waals surface area contributed by atoms with E-state index in [9.17, 15) is 20.1 Å². The summed E-state index contributed by atoms with van der Waals surface area (Å²) in [6, 6.07) is 2.68. The third kappa shape index (κ3) is 2.44. The fourth-order valence-electron chi connectivity index (χ4n) is 1.27. The molecule has 5 N–H and O–H groups in total. The van der Waals surface area contributed by atoms with E-state index in [0.29, 0.717) is 5.56 Å². The van der Waals surface area contributed by atoms with Crippen LogP contribution in [-0.2, 0) is 4.79 Å². The normalized spacial score (nSPS) is 14.5. The topological polar surface area (TPSA) is 104 Å². The Morgan fingerprint density at radius 2 is 2.00 bits per heavy atom. The molecule has 1 amide bonds. The minimum atomic E-state index is -1.71. The quantitative estimate of drug-likeness (QED) is 0.612. The zero-order chi connectivity index (χ0) is 12.5. The Morgan fingerprint density at radius 3 is 2.44 bits per heavy atom. The van der Waals surface area contributed by atoms with E-state index in [1.165, 1.54) is 12.1 Å². The van der Waals surface area contributed by atoms with Crippen molar-refractivity contribution < 1.29 is 20.1 Å². The van der Waals surface area contributed by atoms with Gasteiger partial charge in [-0.1, -0.05) is 11.6 Å². The van der Waals surface area contributed by atoms with Crippen molar-refractivity contribution in [2.24, 2.45) is 5.73 Å². The summed E-state index contributed by atoms with van der Waals surface area (Å²) in [6.07, 6.45) is -3.17. The molecular weight excluding hydrogens is 234 g/mol. The summed E-state index contributed by atoms with van der Waals surface area (Å²) in [6.45, 7) is 1.58. The number of hydrogen-bond donors (Lipinski definition) is 4. The van der Waals surface area contributed by atoms with Crippen LogP contribution in [-0.4, -0.2) is 27.3 Å². The van der Waals surface area contributed by atoms with E-state index < -0.39 is 18.1 Å². The van der Waals surface area contributed by atoms with Gasteiger partial charge in [-0.3, -0.25) is 4.79 Å². The number of primary amides is 1. The first-order valence-electron chi connectivity index (χ1n) is 4.49. The molecule has 0 aliphatic rings. The number of nitrogens with two attached hydrogens (primary N) is 1. The number of aryl methyl sites for hydroxylation is 1. The molecule has 0 aromatic heterocycles. The second-order valence-corrected chi connectivity index (χ2v) is 3.87. The number of benzene rings is 1. The molecule has 2 unspecified atom stereocenters. The molecule has 0 heterocycles. The highest BCUT2D eigenvalue weighted by Crippen LogP contribution is 2.31. The van der Waals surface area contributed by atoms with Gasteiger partial charge in [0.05, 0.1) is 5.02 Å². The standard InChI is InChI=1S/C10H12ClNO4/c1-4-2-5(3-6(11)7(4)13)8(14)9(15)10(12)16/h2-3,8-9,13-15H,1H3,(H2,12,16). The molecule has 88 valence electrons. The van der Waals surface area contributed by atoms with Crippen molar-refractivity contribution in [3.05, 3.63) is 28.3 Å². The Labute approximate surface area is 97.1 Å². The van der Waals surface area contributed by atoms with E-state index in [2.05, 4.69) is 0 Å². The summed E-state index contributed by atoms with van der Waals surface area (Å²) in [5.74, 6) is -1.14. The maximum Gasteiger partial charge on any atom is 0.249 e. The molecule has 0 fully saturated rings. The van der Waals surface area contributed by atoms with Gasteiger partial charge in [-0.2, -0.15) is 0 Å². The zero-order valence-corrected chi connectivity index (χ0v) is 9.27. The Morgan fingerprint density at radius 1 is 1.44 bits per heavy atom. The number of phenols is 1. The van der Waals surface area contributed by atoms with Crippen molar-refractivity contribution in [2.75, 3.05) is 0 Å². The van der Waals surface area contributed by atoms with E-state index in [4.69, 9.17) is 17.3 Å². The monoisotopic (exact) mass is 245 g/mol. The molecule has 6 heteroatoms. The van der Waals surface area contributed by atoms with Crippen LogP contribution in [0, 0.1) is 6.92 Å². The minimum absolute atomic E-state index is 0.0331. The zero-order valence-electron chi connectivity index (χ0n) is 8.51. The Balaban J connectivity index is 3.10. The molecule has 1 aromatic rings. The van der Waals surface area contributed by atoms with Crippen LogP contribution in [0.5, 0.6) is 5.75 Å². The summed E-state index contributed by atoms with van der Waals surface area (Å²) < 4.78 is 0. The predicted octanol–water partition coefficient (Wildman–Crippen LogP) is 0.234. The first kappa shape index (κ1) is 12.8. The van der Waals surface area contributed by atoms with Crippen LogP contribution in [0.1, 0.15) is 17.2 Å². The molecule has 0 aliphatic heterocycles. The summed E-state index contributed by atoms with van der Waals surface area (Å²) in [4.78, 5) is 10.7. The molecule has 0 spiro atoms. The lowest BCUT2D eigenvalue weighted by Gasteiger charge is -2.16. The molecule has 0 bridgehead atoms. The molecule has 2 atom stereocenters. The van der Waals surface area contributed by atoms with Crippen LogP contribution in [0.15, 0.2) is 12.1 Å². The average molecular weight is 246 g/mol. The SMILES string of the molecule is Cc1cc(C(O)C(O)C(N)=O)cc(Cl)c1O. The van der Waals surface area contributed by atoms with E-state index in [1.807, 2.05) is 0 Å². The van der Waals surface area contributed by atoms with Crippen molar-refractivity contribution >= 4 is 17.5 Å². The fraction of sp³-hybridized carbons (Fsp3) is 0.300. The number of aliphatic hydroxyl groups excluding tert-OH is 2. The lowest BCUT2D eigenvalue weighted by Crippen LogP contribution is -2.33. The molecule has 0 radical (unpaired) electrons. The molecule has 5 nitrogen and oxygen atoms in total. The number of phenolic OH excluding ortho intramolecular Hbond substituents is 1. The first-order chi connectivity index (χ1) is 7.34. The van der Waals surface area contributed by atoms with Crippen LogP contribution in [0.2, 0.25) is 5.02 Å². The van der Waals surface area contributed by atoms with Gasteiger partial charge >= 0.3 is 0 Å². The van der Waals surface area contributed by atoms with Crippen LogP contribution in [0.3, 0.4) is 0 Å². The van der Waals surface area contributed by atoms with Gasteiger partial charge in [-0.05, 0) is 30.2 Å². The number of aromatic hydroxyl groups is 1. The smallest absolute Gasteiger partial charge is 0.249 e. The third-order valence-electron chi connectivity index (χ3n) is 2.21. The van der Waals surface area contributed by atoms with Gasteiger partial charge in [0.2, 0.25) is 5.91 Å². The van der Waals surface area contributed by atoms with Crippen molar-refractivity contribution in [1.29, 1.82) is 0 Å². The number of carbonyl (C=O) groups is 1. The van der Waals surface area contributed by atoms with Crippen LogP contribution in [0.25, 0.3) is 0 Å². The van der Waals surface area contributed by atoms with E-state index >= 15 is 0 Å². The average Bonchev–Trinajstić information content (AvgIpc) is 2.22. The van der Waals surface area contributed by atoms with Gasteiger partial charge in [-0.15, -0.1) is 0 Å². The van der Waals surface area contributed by atoms with Crippen LogP contribution >= 0.6 is 11.6 Å². The number of hydrogen-bond acceptors (Lipinski definition) is 4. The number of rotatable bonds is 3. The second-order valence-electron chi connectivity index (χ2n) is 3.46. The molecule has 0 aliphatic carbocycles. The van der Waals surface area contributed by atoms with Gasteiger partial charge in [0, 0.05) is 0 Å². The maximum absolute atomic E-state index is 10.7. The second kappa shape index (κ2) is 4.69. The van der Waals surface area contributed by atoms with Gasteiger partial charge < -0.3 is 21.1 Å². The van der Waals surface area contributed by atoms with Crippen molar-refractivity contribution in [3.8, 4) is 5.75 Å². The van der Waals surface area contributed by atoms with E-state index in [1.54, 1.807) is 6.92 Å². The highest BCUT2D eigenvalue weighted by molar-refractivity contribution is 6.32. The van der Waals surface area contributed by atoms with Gasteiger partial charge in [0.1, 0.15) is 11.9 Å². The Bertz CT molecular complexity index is 398. The summed E-state index contributed by atoms with van der Waals surface area (Å²) in [5.41, 5.74) is 5.49. The van der Waals surface area contributed by atoms with E-state index in [-0.39, 0.29) is 16.3 Å². The highest BCUT2D eigenvalue weighted by Gasteiger charge is 2.24. The van der Waals surface area contributed by atoms with Crippen LogP contribution in [0.4, 0.5) is 0 Å². The summed E-state index contributed by atoms with van der Waals surface area (Å²) >= 11 is 5.69. The fourth-order valence-corrected chi connectivity index (χ4v) is 1.55. The number of aliphatic hydroxyl groups is 2. The molecule has 0 saturated carbocycles. The Hall–Kier alpha value is -1.30. The van der Waals surface area contributed by atoms with E-state index in [0.717, 1.165) is 0 Å². The molecule has 1 aromatic carbocycles. The predicted molar refractivity (Wildman–Crippen MR) is 58.0 cm³/mol. The molecule has 16 heavy (non-hydrogen) atoms. The molecule has 0 saturated heterocycles. The minimum Gasteiger partial charge on any atom is -0.506 e. The van der Waals surface area contributed by atoms with Gasteiger partial charge in [0.25, 0.3) is 0 Å². The van der Waals surface area contributed by atoms with Crippen LogP contribution < -0.4 is 5.73 Å². The first-order valence-corrected chi connectivity index (χ1v) is 4.87. The van der Waals surface area contributed by atoms with Crippen molar-refractivity contribution in [3.63, 3.8) is 0 Å². The molecular formula is C10H12ClNO4. The third-order valence-corrected chi connectivity index (χ3v) is 2.50. The highest BCUT2D eigenvalue weighted by atomic mass is 35.5. The number of halogens is 1. The maximum atomic E-state index is 10.7. The number of carbonyl (C=O) groups excluding carboxylic acids is 1. The van der Waals surface area contributed by atoms with Crippen molar-refractivity contribution in [2.45, 2.75) is 19.1 Å². The number of amides is 1. The largest absolute Gasteiger partial charge is 0.506 e. The summed E-state index contributed by atoms with van der Waals surface area (Å²) in [7, 11) is 0.